The Morgan fingerprint density at radius 2 is 1.76 bits per heavy atom. The van der Waals surface area contributed by atoms with Crippen molar-refractivity contribution in [2.45, 2.75) is 63.5 Å². The van der Waals surface area contributed by atoms with Gasteiger partial charge in [-0.1, -0.05) is 6.07 Å². The summed E-state index contributed by atoms with van der Waals surface area (Å²) >= 11 is 0. The first kappa shape index (κ1) is 12.6. The Bertz CT molecular complexity index is 510. The molecule has 0 amide bonds. The second-order valence-electron chi connectivity index (χ2n) is 8.12. The number of nitrogens with one attached hydrogen (secondary N) is 1. The summed E-state index contributed by atoms with van der Waals surface area (Å²) in [6, 6.07) is 5.70. The van der Waals surface area contributed by atoms with Crippen LogP contribution in [0.5, 0.6) is 0 Å². The summed E-state index contributed by atoms with van der Waals surface area (Å²) in [7, 11) is 0. The van der Waals surface area contributed by atoms with Crippen molar-refractivity contribution in [2.24, 2.45) is 23.7 Å². The molecule has 0 aromatic carbocycles. The summed E-state index contributed by atoms with van der Waals surface area (Å²) in [6.45, 7) is 0. The lowest BCUT2D eigenvalue weighted by Crippen LogP contribution is -2.55. The van der Waals surface area contributed by atoms with Gasteiger partial charge in [-0.2, -0.15) is 0 Å². The van der Waals surface area contributed by atoms with E-state index in [1.54, 1.807) is 6.42 Å². The van der Waals surface area contributed by atoms with Gasteiger partial charge in [-0.3, -0.25) is 4.98 Å². The molecule has 2 heteroatoms. The molecular formula is C19H26N2. The van der Waals surface area contributed by atoms with Gasteiger partial charge in [0.25, 0.3) is 0 Å². The number of fused-ring (bicyclic) bond motifs is 1. The molecule has 4 fully saturated rings. The Morgan fingerprint density at radius 3 is 2.52 bits per heavy atom. The van der Waals surface area contributed by atoms with Gasteiger partial charge >= 0.3 is 0 Å². The molecular weight excluding hydrogens is 256 g/mol. The molecule has 5 aliphatic carbocycles. The van der Waals surface area contributed by atoms with Gasteiger partial charge in [-0.05, 0) is 86.7 Å². The van der Waals surface area contributed by atoms with E-state index in [0.717, 1.165) is 29.7 Å². The van der Waals surface area contributed by atoms with Crippen molar-refractivity contribution in [3.05, 3.63) is 29.6 Å². The fourth-order valence-electron chi connectivity index (χ4n) is 6.20. The first-order valence-corrected chi connectivity index (χ1v) is 9.06. The van der Waals surface area contributed by atoms with Crippen molar-refractivity contribution in [2.75, 3.05) is 0 Å². The van der Waals surface area contributed by atoms with Crippen LogP contribution in [-0.2, 0) is 6.42 Å². The topological polar surface area (TPSA) is 24.9 Å². The molecule has 1 N–H and O–H groups in total. The molecule has 1 atom stereocenters. The molecule has 1 heterocycles. The lowest BCUT2D eigenvalue weighted by molar-refractivity contribution is -0.0187. The van der Waals surface area contributed by atoms with Crippen molar-refractivity contribution < 1.29 is 0 Å². The second kappa shape index (κ2) is 4.81. The maximum atomic E-state index is 4.72. The summed E-state index contributed by atoms with van der Waals surface area (Å²) in [6.07, 6.45) is 13.4. The third kappa shape index (κ3) is 2.06. The Labute approximate surface area is 127 Å². The van der Waals surface area contributed by atoms with E-state index in [-0.39, 0.29) is 0 Å². The van der Waals surface area contributed by atoms with Gasteiger partial charge in [-0.15, -0.1) is 0 Å². The zero-order valence-corrected chi connectivity index (χ0v) is 12.8. The highest BCUT2D eigenvalue weighted by molar-refractivity contribution is 5.25. The second-order valence-corrected chi connectivity index (χ2v) is 8.12. The highest BCUT2D eigenvalue weighted by Crippen LogP contribution is 2.54. The molecule has 4 saturated carbocycles. The quantitative estimate of drug-likeness (QED) is 0.890. The average molecular weight is 282 g/mol. The molecule has 0 spiro atoms. The third-order valence-electron chi connectivity index (χ3n) is 6.82. The van der Waals surface area contributed by atoms with Gasteiger partial charge in [0, 0.05) is 18.3 Å². The van der Waals surface area contributed by atoms with E-state index < -0.39 is 0 Å². The van der Waals surface area contributed by atoms with E-state index in [2.05, 4.69) is 17.4 Å². The van der Waals surface area contributed by atoms with Crippen molar-refractivity contribution >= 4 is 0 Å². The predicted molar refractivity (Wildman–Crippen MR) is 83.9 cm³/mol. The van der Waals surface area contributed by atoms with E-state index in [9.17, 15) is 0 Å². The molecule has 1 unspecified atom stereocenters. The Hall–Kier alpha value is -0.890. The van der Waals surface area contributed by atoms with Crippen molar-refractivity contribution in [1.29, 1.82) is 0 Å². The van der Waals surface area contributed by atoms with Crippen molar-refractivity contribution in [3.63, 3.8) is 0 Å². The molecule has 1 aromatic rings. The number of aromatic nitrogens is 1. The molecule has 6 rings (SSSR count). The Balaban J connectivity index is 1.39. The number of nitrogens with zero attached hydrogens (tertiary/aromatic N) is 1. The van der Waals surface area contributed by atoms with Gasteiger partial charge in [0.15, 0.2) is 0 Å². The number of hydrogen-bond acceptors (Lipinski definition) is 2. The fourth-order valence-corrected chi connectivity index (χ4v) is 6.20. The first-order valence-electron chi connectivity index (χ1n) is 9.06. The number of rotatable bonds is 2. The van der Waals surface area contributed by atoms with Crippen LogP contribution in [-0.4, -0.2) is 11.0 Å². The SMILES string of the molecule is c1cnc2c(c1)CCCC2NC1C2CC3CC(C2)CC1C3. The maximum Gasteiger partial charge on any atom is 0.0605 e. The Morgan fingerprint density at radius 1 is 1.00 bits per heavy atom. The van der Waals surface area contributed by atoms with Gasteiger partial charge in [0.2, 0.25) is 0 Å². The van der Waals surface area contributed by atoms with Crippen LogP contribution in [0, 0.1) is 23.7 Å². The fraction of sp³-hybridized carbons (Fsp3) is 0.737. The van der Waals surface area contributed by atoms with Gasteiger partial charge in [0.1, 0.15) is 0 Å². The lowest BCUT2D eigenvalue weighted by atomic mass is 9.54. The van der Waals surface area contributed by atoms with Crippen LogP contribution in [0.4, 0.5) is 0 Å². The highest BCUT2D eigenvalue weighted by Gasteiger charge is 2.48. The summed E-state index contributed by atoms with van der Waals surface area (Å²) in [4.78, 5) is 4.72. The molecule has 5 aliphatic rings. The largest absolute Gasteiger partial charge is 0.305 e. The van der Waals surface area contributed by atoms with E-state index in [1.165, 1.54) is 56.2 Å². The minimum Gasteiger partial charge on any atom is -0.305 e. The van der Waals surface area contributed by atoms with E-state index >= 15 is 0 Å². The van der Waals surface area contributed by atoms with Crippen LogP contribution < -0.4 is 5.32 Å². The summed E-state index contributed by atoms with van der Waals surface area (Å²) in [5, 5.41) is 4.09. The zero-order valence-electron chi connectivity index (χ0n) is 12.8. The minimum absolute atomic E-state index is 0.525. The van der Waals surface area contributed by atoms with Crippen molar-refractivity contribution in [1.82, 2.24) is 10.3 Å². The summed E-state index contributed by atoms with van der Waals surface area (Å²) < 4.78 is 0. The summed E-state index contributed by atoms with van der Waals surface area (Å²) in [5.41, 5.74) is 2.85. The molecule has 0 saturated heterocycles. The van der Waals surface area contributed by atoms with Crippen LogP contribution in [0.25, 0.3) is 0 Å². The number of pyridine rings is 1. The van der Waals surface area contributed by atoms with Crippen LogP contribution in [0.15, 0.2) is 18.3 Å². The zero-order chi connectivity index (χ0) is 13.8. The number of aryl methyl sites for hydroxylation is 1. The third-order valence-corrected chi connectivity index (χ3v) is 6.82. The molecule has 0 aliphatic heterocycles. The van der Waals surface area contributed by atoms with Crippen LogP contribution in [0.3, 0.4) is 0 Å². The summed E-state index contributed by atoms with van der Waals surface area (Å²) in [5.74, 6) is 4.08. The maximum absolute atomic E-state index is 4.72. The smallest absolute Gasteiger partial charge is 0.0605 e. The highest BCUT2D eigenvalue weighted by atomic mass is 15.0. The van der Waals surface area contributed by atoms with Gasteiger partial charge < -0.3 is 5.32 Å². The normalized spacial score (nSPS) is 43.8. The molecule has 1 aromatic heterocycles. The van der Waals surface area contributed by atoms with Gasteiger partial charge in [0.05, 0.1) is 5.69 Å². The predicted octanol–water partition coefficient (Wildman–Crippen LogP) is 3.87. The van der Waals surface area contributed by atoms with E-state index in [1.807, 2.05) is 6.20 Å². The number of hydrogen-bond donors (Lipinski definition) is 1. The van der Waals surface area contributed by atoms with Crippen LogP contribution in [0.1, 0.15) is 62.2 Å². The van der Waals surface area contributed by atoms with E-state index in [4.69, 9.17) is 4.98 Å². The standard InChI is InChI=1S/C19H26N2/c1-3-14-4-2-6-20-19(14)17(5-1)21-18-15-8-12-7-13(10-15)11-16(18)9-12/h2,4,6,12-13,15-18,21H,1,3,5,7-11H2. The minimum atomic E-state index is 0.525. The van der Waals surface area contributed by atoms with Crippen LogP contribution in [0.2, 0.25) is 0 Å². The van der Waals surface area contributed by atoms with E-state index in [0.29, 0.717) is 6.04 Å². The molecule has 21 heavy (non-hydrogen) atoms. The Kier molecular flexibility index (Phi) is 2.89. The average Bonchev–Trinajstić information content (AvgIpc) is 2.50. The van der Waals surface area contributed by atoms with Crippen molar-refractivity contribution in [3.8, 4) is 0 Å². The molecule has 112 valence electrons. The van der Waals surface area contributed by atoms with Crippen LogP contribution >= 0.6 is 0 Å². The lowest BCUT2D eigenvalue weighted by Gasteiger charge is -2.55. The monoisotopic (exact) mass is 282 g/mol. The first-order chi connectivity index (χ1) is 10.4. The van der Waals surface area contributed by atoms with Gasteiger partial charge in [-0.25, -0.2) is 0 Å². The molecule has 2 nitrogen and oxygen atoms in total. The molecule has 0 radical (unpaired) electrons. The molecule has 4 bridgehead atoms.